The second-order valence-corrected chi connectivity index (χ2v) is 10.7. The first-order chi connectivity index (χ1) is 15.2. The van der Waals surface area contributed by atoms with Crippen molar-refractivity contribution < 1.29 is 22.3 Å². The van der Waals surface area contributed by atoms with Gasteiger partial charge in [0.2, 0.25) is 10.0 Å². The van der Waals surface area contributed by atoms with Crippen LogP contribution in [-0.4, -0.2) is 42.3 Å². The lowest BCUT2D eigenvalue weighted by molar-refractivity contribution is 0.0464. The summed E-state index contributed by atoms with van der Waals surface area (Å²) in [4.78, 5) is 17.6. The molecule has 0 saturated carbocycles. The number of rotatable bonds is 7. The summed E-state index contributed by atoms with van der Waals surface area (Å²) in [7, 11) is -0.649. The van der Waals surface area contributed by atoms with E-state index in [1.807, 2.05) is 11.5 Å². The van der Waals surface area contributed by atoms with E-state index in [1.54, 1.807) is 24.3 Å². The number of fused-ring (bicyclic) bond motifs is 2. The molecule has 2 aromatic heterocycles. The van der Waals surface area contributed by atoms with Crippen molar-refractivity contribution in [3.8, 4) is 0 Å². The van der Waals surface area contributed by atoms with Crippen molar-refractivity contribution in [2.24, 2.45) is 0 Å². The molecular weight excluding hydrogens is 453 g/mol. The van der Waals surface area contributed by atoms with Gasteiger partial charge in [-0.1, -0.05) is 13.0 Å². The Morgan fingerprint density at radius 2 is 2.00 bits per heavy atom. The first-order valence-electron chi connectivity index (χ1n) is 9.99. The monoisotopic (exact) mass is 475 g/mol. The molecule has 0 aliphatic heterocycles. The van der Waals surface area contributed by atoms with Crippen molar-refractivity contribution in [2.45, 2.75) is 31.4 Å². The van der Waals surface area contributed by atoms with Gasteiger partial charge >= 0.3 is 5.97 Å². The third-order valence-electron chi connectivity index (χ3n) is 5.07. The first-order valence-corrected chi connectivity index (χ1v) is 12.2. The zero-order chi connectivity index (χ0) is 23.0. The first kappa shape index (κ1) is 22.4. The fraction of sp³-hybridized carbons (Fsp3) is 0.273. The summed E-state index contributed by atoms with van der Waals surface area (Å²) in [6.45, 7) is 2.56. The topological polar surface area (TPSA) is 81.5 Å². The van der Waals surface area contributed by atoms with Crippen molar-refractivity contribution in [1.29, 1.82) is 0 Å². The molecule has 0 spiro atoms. The van der Waals surface area contributed by atoms with Crippen molar-refractivity contribution in [3.05, 3.63) is 59.0 Å². The van der Waals surface area contributed by atoms with Crippen molar-refractivity contribution in [1.82, 2.24) is 13.9 Å². The van der Waals surface area contributed by atoms with Gasteiger partial charge in [-0.15, -0.1) is 11.3 Å². The minimum Gasteiger partial charge on any atom is -0.453 e. The molecule has 0 radical (unpaired) electrons. The summed E-state index contributed by atoms with van der Waals surface area (Å²) in [5, 5.41) is 0.386. The molecule has 0 amide bonds. The Balaban J connectivity index is 1.63. The Morgan fingerprint density at radius 3 is 2.69 bits per heavy atom. The Morgan fingerprint density at radius 1 is 1.22 bits per heavy atom. The summed E-state index contributed by atoms with van der Waals surface area (Å²) in [5.74, 6) is -0.426. The van der Waals surface area contributed by atoms with E-state index in [9.17, 15) is 17.6 Å². The van der Waals surface area contributed by atoms with Crippen LogP contribution in [0.4, 0.5) is 4.39 Å². The smallest absolute Gasteiger partial charge is 0.348 e. The molecule has 4 rings (SSSR count). The number of halogens is 1. The van der Waals surface area contributed by atoms with E-state index in [-0.39, 0.29) is 17.3 Å². The van der Waals surface area contributed by atoms with Crippen LogP contribution in [0.2, 0.25) is 0 Å². The van der Waals surface area contributed by atoms with Crippen molar-refractivity contribution in [2.75, 3.05) is 14.1 Å². The van der Waals surface area contributed by atoms with E-state index in [1.165, 1.54) is 43.6 Å². The van der Waals surface area contributed by atoms with Crippen LogP contribution >= 0.6 is 11.3 Å². The molecule has 7 nitrogen and oxygen atoms in total. The highest BCUT2D eigenvalue weighted by Gasteiger charge is 2.21. The standard InChI is InChI=1S/C22H22FN3O4S2/c1-4-10-26-18-9-8-14(32(28,29)25(2)3)11-17(18)24-21(26)13-30-22(27)20-12-15-16(23)6-5-7-19(15)31-20/h5-9,11-12H,4,10,13H2,1-3H3. The molecular formula is C22H22FN3O4S2. The van der Waals surface area contributed by atoms with Gasteiger partial charge in [0.1, 0.15) is 23.1 Å². The summed E-state index contributed by atoms with van der Waals surface area (Å²) in [5.41, 5.74) is 1.27. The quantitative estimate of drug-likeness (QED) is 0.370. The van der Waals surface area contributed by atoms with E-state index in [0.717, 1.165) is 16.2 Å². The summed E-state index contributed by atoms with van der Waals surface area (Å²) >= 11 is 1.17. The molecule has 0 unspecified atom stereocenters. The number of hydrogen-bond acceptors (Lipinski definition) is 6. The van der Waals surface area contributed by atoms with Crippen molar-refractivity contribution in [3.63, 3.8) is 0 Å². The van der Waals surface area contributed by atoms with E-state index < -0.39 is 16.0 Å². The summed E-state index contributed by atoms with van der Waals surface area (Å²) in [6.07, 6.45) is 0.819. The fourth-order valence-corrected chi connectivity index (χ4v) is 5.33. The molecule has 32 heavy (non-hydrogen) atoms. The summed E-state index contributed by atoms with van der Waals surface area (Å²) in [6, 6.07) is 11.0. The van der Waals surface area contributed by atoms with Gasteiger partial charge in [-0.2, -0.15) is 0 Å². The van der Waals surface area contributed by atoms with Crippen LogP contribution in [0.3, 0.4) is 0 Å². The van der Waals surface area contributed by atoms with E-state index in [0.29, 0.717) is 32.8 Å². The normalized spacial score (nSPS) is 12.2. The number of aryl methyl sites for hydroxylation is 1. The number of carbonyl (C=O) groups is 1. The molecule has 2 heterocycles. The van der Waals surface area contributed by atoms with Crippen LogP contribution in [-0.2, 0) is 27.9 Å². The molecule has 2 aromatic carbocycles. The number of aromatic nitrogens is 2. The average molecular weight is 476 g/mol. The second kappa shape index (κ2) is 8.61. The molecule has 0 aliphatic carbocycles. The Kier molecular flexibility index (Phi) is 6.02. The zero-order valence-corrected chi connectivity index (χ0v) is 19.5. The number of benzene rings is 2. The number of nitrogens with zero attached hydrogens (tertiary/aromatic N) is 3. The molecule has 4 aromatic rings. The van der Waals surface area contributed by atoms with Gasteiger partial charge in [0.05, 0.1) is 15.9 Å². The highest BCUT2D eigenvalue weighted by Crippen LogP contribution is 2.28. The molecule has 0 fully saturated rings. The fourth-order valence-electron chi connectivity index (χ4n) is 3.44. The third kappa shape index (κ3) is 4.01. The minimum atomic E-state index is -3.59. The molecule has 0 bridgehead atoms. The van der Waals surface area contributed by atoms with Gasteiger partial charge < -0.3 is 9.30 Å². The number of ether oxygens (including phenoxy) is 1. The van der Waals surface area contributed by atoms with Gasteiger partial charge in [-0.25, -0.2) is 26.9 Å². The molecule has 0 N–H and O–H groups in total. The van der Waals surface area contributed by atoms with Gasteiger partial charge in [-0.3, -0.25) is 0 Å². The van der Waals surface area contributed by atoms with Crippen molar-refractivity contribution >= 4 is 48.4 Å². The molecule has 0 aliphatic rings. The van der Waals surface area contributed by atoms with Crippen LogP contribution in [0.15, 0.2) is 47.4 Å². The number of thiophene rings is 1. The average Bonchev–Trinajstić information content (AvgIpc) is 3.34. The lowest BCUT2D eigenvalue weighted by Gasteiger charge is -2.11. The number of carbonyl (C=O) groups excluding carboxylic acids is 1. The molecule has 0 atom stereocenters. The maximum Gasteiger partial charge on any atom is 0.348 e. The molecule has 0 saturated heterocycles. The van der Waals surface area contributed by atoms with Crippen LogP contribution in [0.1, 0.15) is 28.8 Å². The second-order valence-electron chi connectivity index (χ2n) is 7.46. The highest BCUT2D eigenvalue weighted by atomic mass is 32.2. The maximum absolute atomic E-state index is 13.9. The third-order valence-corrected chi connectivity index (χ3v) is 7.96. The van der Waals surface area contributed by atoms with Crippen LogP contribution in [0, 0.1) is 5.82 Å². The maximum atomic E-state index is 13.9. The number of sulfonamides is 1. The Labute approximate surface area is 189 Å². The lowest BCUT2D eigenvalue weighted by Crippen LogP contribution is -2.22. The van der Waals surface area contributed by atoms with Gasteiger partial charge in [-0.05, 0) is 42.8 Å². The van der Waals surface area contributed by atoms with Crippen LogP contribution in [0.25, 0.3) is 21.1 Å². The number of hydrogen-bond donors (Lipinski definition) is 0. The predicted molar refractivity (Wildman–Crippen MR) is 122 cm³/mol. The SMILES string of the molecule is CCCn1c(COC(=O)c2cc3c(F)cccc3s2)nc2cc(S(=O)(=O)N(C)C)ccc21. The number of esters is 1. The summed E-state index contributed by atoms with van der Waals surface area (Å²) < 4.78 is 48.1. The lowest BCUT2D eigenvalue weighted by atomic mass is 10.2. The van der Waals surface area contributed by atoms with E-state index >= 15 is 0 Å². The Bertz CT molecular complexity index is 1420. The Hall–Kier alpha value is -2.82. The zero-order valence-electron chi connectivity index (χ0n) is 17.8. The predicted octanol–water partition coefficient (Wildman–Crippen LogP) is 4.41. The van der Waals surface area contributed by atoms with E-state index in [2.05, 4.69) is 4.98 Å². The van der Waals surface area contributed by atoms with Gasteiger partial charge in [0.15, 0.2) is 0 Å². The molecule has 168 valence electrons. The molecule has 10 heteroatoms. The van der Waals surface area contributed by atoms with Gasteiger partial charge in [0.25, 0.3) is 0 Å². The largest absolute Gasteiger partial charge is 0.453 e. The number of imidazole rings is 1. The van der Waals surface area contributed by atoms with Crippen LogP contribution in [0.5, 0.6) is 0 Å². The van der Waals surface area contributed by atoms with Crippen LogP contribution < -0.4 is 0 Å². The van der Waals surface area contributed by atoms with Gasteiger partial charge in [0, 0.05) is 30.7 Å². The van der Waals surface area contributed by atoms with E-state index in [4.69, 9.17) is 4.74 Å². The minimum absolute atomic E-state index is 0.0833. The highest BCUT2D eigenvalue weighted by molar-refractivity contribution is 7.89.